The predicted molar refractivity (Wildman–Crippen MR) is 15.1 cm³/mol. The third kappa shape index (κ3) is 56700. The SMILES string of the molecule is O=N[O-].[NH4+].[Ru+2]. The van der Waals surface area contributed by atoms with Crippen molar-refractivity contribution in [2.75, 3.05) is 0 Å². The van der Waals surface area contributed by atoms with Crippen molar-refractivity contribution in [3.8, 4) is 0 Å². The molecule has 0 unspecified atom stereocenters. The van der Waals surface area contributed by atoms with Crippen LogP contribution in [0.1, 0.15) is 0 Å². The van der Waals surface area contributed by atoms with Crippen LogP contribution >= 0.6 is 0 Å². The van der Waals surface area contributed by atoms with Gasteiger partial charge in [-0.2, -0.15) is 0 Å². The molecule has 0 radical (unpaired) electrons. The largest absolute Gasteiger partial charge is 2.00 e. The Kier molecular flexibility index (Phi) is 147. The summed E-state index contributed by atoms with van der Waals surface area (Å²) in [7, 11) is 0. The third-order valence-corrected chi connectivity index (χ3v) is 0. The maximum atomic E-state index is 8.00. The second-order valence-corrected chi connectivity index (χ2v) is 0.0745. The van der Waals surface area contributed by atoms with Gasteiger partial charge >= 0.3 is 19.5 Å². The summed E-state index contributed by atoms with van der Waals surface area (Å²) in [6, 6.07) is 0. The van der Waals surface area contributed by atoms with Crippen molar-refractivity contribution in [2.45, 2.75) is 0 Å². The molecule has 0 aliphatic carbocycles. The van der Waals surface area contributed by atoms with E-state index in [-0.39, 0.29) is 25.6 Å². The van der Waals surface area contributed by atoms with Crippen LogP contribution in [-0.2, 0) is 19.5 Å². The molecule has 0 saturated carbocycles. The number of hydrogen-bond acceptors (Lipinski definition) is 3. The standard InChI is InChI=1S/HNO2.H3N.Ru/c2-1-3;;/h(H,2,3);1H3;/q;;+2. The zero-order valence-corrected chi connectivity index (χ0v) is 4.36. The van der Waals surface area contributed by atoms with E-state index in [1.807, 2.05) is 0 Å². The van der Waals surface area contributed by atoms with Gasteiger partial charge in [0.15, 0.2) is 0 Å². The Morgan fingerprint density at radius 3 is 1.60 bits per heavy atom. The zero-order valence-electron chi connectivity index (χ0n) is 2.62. The first-order chi connectivity index (χ1) is 1.41. The van der Waals surface area contributed by atoms with Gasteiger partial charge in [0.05, 0.1) is 0 Å². The molecular formula is H4N2O2Ru+2. The maximum Gasteiger partial charge on any atom is 2.00 e. The van der Waals surface area contributed by atoms with E-state index in [1.165, 1.54) is 0 Å². The van der Waals surface area contributed by atoms with E-state index in [4.69, 9.17) is 10.1 Å². The zero-order chi connectivity index (χ0) is 2.71. The van der Waals surface area contributed by atoms with Crippen molar-refractivity contribution in [3.05, 3.63) is 10.1 Å². The minimum Gasteiger partial charge on any atom is -0.444 e. The number of hydrogen-bond donors (Lipinski definition) is 1. The minimum atomic E-state index is 0. The molecule has 0 heterocycles. The molecule has 0 aliphatic heterocycles. The molecule has 0 aromatic carbocycles. The van der Waals surface area contributed by atoms with Gasteiger partial charge in [-0.25, -0.2) is 0 Å². The van der Waals surface area contributed by atoms with E-state index in [0.29, 0.717) is 0 Å². The van der Waals surface area contributed by atoms with Crippen molar-refractivity contribution in [2.24, 2.45) is 5.34 Å². The molecule has 0 saturated heterocycles. The average molecular weight is 165 g/mol. The van der Waals surface area contributed by atoms with E-state index in [9.17, 15) is 0 Å². The van der Waals surface area contributed by atoms with Gasteiger partial charge in [-0.05, 0) is 0 Å². The molecule has 4 nitrogen and oxygen atoms in total. The summed E-state index contributed by atoms with van der Waals surface area (Å²) in [5.41, 5.74) is 0. The van der Waals surface area contributed by atoms with Crippen molar-refractivity contribution in [3.63, 3.8) is 0 Å². The van der Waals surface area contributed by atoms with Crippen LogP contribution in [0.2, 0.25) is 0 Å². The topological polar surface area (TPSA) is 89.0 Å². The van der Waals surface area contributed by atoms with Gasteiger partial charge in [0.1, 0.15) is 0 Å². The maximum absolute atomic E-state index is 8.00. The molecule has 0 fully saturated rings. The Labute approximate surface area is 41.8 Å². The number of nitrogens with zero attached hydrogens (tertiary/aromatic N) is 1. The van der Waals surface area contributed by atoms with Gasteiger partial charge in [0.2, 0.25) is 0 Å². The first-order valence-corrected chi connectivity index (χ1v) is 0.365. The molecule has 5 heavy (non-hydrogen) atoms. The van der Waals surface area contributed by atoms with Crippen LogP contribution in [0.3, 0.4) is 0 Å². The van der Waals surface area contributed by atoms with E-state index in [0.717, 1.165) is 5.34 Å². The summed E-state index contributed by atoms with van der Waals surface area (Å²) in [6.45, 7) is 0. The summed E-state index contributed by atoms with van der Waals surface area (Å²) in [5.74, 6) is 0. The van der Waals surface area contributed by atoms with Gasteiger partial charge in [-0.1, -0.05) is 0 Å². The molecule has 0 rings (SSSR count). The monoisotopic (exact) mass is 166 g/mol. The second-order valence-electron chi connectivity index (χ2n) is 0.0745. The molecule has 0 aromatic rings. The Morgan fingerprint density at radius 2 is 1.60 bits per heavy atom. The molecule has 0 amide bonds. The van der Waals surface area contributed by atoms with Crippen molar-refractivity contribution in [1.82, 2.24) is 6.15 Å². The van der Waals surface area contributed by atoms with Crippen LogP contribution in [0.5, 0.6) is 0 Å². The molecule has 0 atom stereocenters. The molecule has 0 spiro atoms. The van der Waals surface area contributed by atoms with Crippen LogP contribution < -0.4 is 6.15 Å². The summed E-state index contributed by atoms with van der Waals surface area (Å²) in [4.78, 5) is 8.00. The molecule has 32 valence electrons. The Morgan fingerprint density at radius 1 is 1.60 bits per heavy atom. The average Bonchev–Trinajstić information content (AvgIpc) is 0.918. The fourth-order valence-corrected chi connectivity index (χ4v) is 0. The molecule has 4 N–H and O–H groups in total. The fraction of sp³-hybridized carbons (Fsp3) is 0. The summed E-state index contributed by atoms with van der Waals surface area (Å²) >= 11 is 0. The Hall–Kier alpha value is -0.0166. The predicted octanol–water partition coefficient (Wildman–Crippen LogP) is 0.624. The van der Waals surface area contributed by atoms with Crippen LogP contribution in [0, 0.1) is 10.1 Å². The quantitative estimate of drug-likeness (QED) is 0.324. The van der Waals surface area contributed by atoms with E-state index in [1.54, 1.807) is 0 Å². The smallest absolute Gasteiger partial charge is 0.444 e. The second kappa shape index (κ2) is 36.7. The summed E-state index contributed by atoms with van der Waals surface area (Å²) < 4.78 is 0. The van der Waals surface area contributed by atoms with Crippen molar-refractivity contribution in [1.29, 1.82) is 0 Å². The molecular weight excluding hydrogens is 161 g/mol. The van der Waals surface area contributed by atoms with Gasteiger partial charge in [0, 0.05) is 0 Å². The van der Waals surface area contributed by atoms with Crippen molar-refractivity contribution < 1.29 is 19.5 Å². The molecule has 0 bridgehead atoms. The number of quaternary nitrogens is 1. The number of rotatable bonds is 0. The first kappa shape index (κ1) is 20.1. The first-order valence-electron chi connectivity index (χ1n) is 0.365. The third-order valence-electron chi connectivity index (χ3n) is 0. The van der Waals surface area contributed by atoms with Crippen molar-refractivity contribution >= 4 is 0 Å². The van der Waals surface area contributed by atoms with E-state index in [2.05, 4.69) is 0 Å². The summed E-state index contributed by atoms with van der Waals surface area (Å²) in [6.07, 6.45) is 0. The van der Waals surface area contributed by atoms with Gasteiger partial charge < -0.3 is 16.3 Å². The van der Waals surface area contributed by atoms with Gasteiger partial charge in [-0.3, -0.25) is 0 Å². The minimum absolute atomic E-state index is 0. The Balaban J connectivity index is -0.0000000200. The van der Waals surface area contributed by atoms with Crippen LogP contribution in [0.25, 0.3) is 0 Å². The molecule has 0 aromatic heterocycles. The van der Waals surface area contributed by atoms with Gasteiger partial charge in [-0.15, -0.1) is 5.34 Å². The molecule has 0 aliphatic rings. The van der Waals surface area contributed by atoms with Crippen LogP contribution in [0.4, 0.5) is 0 Å². The van der Waals surface area contributed by atoms with E-state index >= 15 is 0 Å². The summed E-state index contributed by atoms with van der Waals surface area (Å²) in [5, 5.41) is 9.00. The van der Waals surface area contributed by atoms with Gasteiger partial charge in [0.25, 0.3) is 0 Å². The normalized spacial score (nSPS) is 2.40. The van der Waals surface area contributed by atoms with Crippen LogP contribution in [-0.4, -0.2) is 0 Å². The van der Waals surface area contributed by atoms with E-state index < -0.39 is 0 Å². The fourth-order valence-electron chi connectivity index (χ4n) is 0. The molecule has 5 heteroatoms. The Bertz CT molecular complexity index is 15.1. The van der Waals surface area contributed by atoms with Crippen LogP contribution in [0.15, 0.2) is 5.34 Å².